The minimum atomic E-state index is -0.407. The van der Waals surface area contributed by atoms with Crippen LogP contribution in [0.15, 0.2) is 50.4 Å². The monoisotopic (exact) mass is 474 g/mol. The second kappa shape index (κ2) is 9.05. The topological polar surface area (TPSA) is 59.9 Å². The van der Waals surface area contributed by atoms with Gasteiger partial charge in [-0.25, -0.2) is 5.43 Å². The van der Waals surface area contributed by atoms with Crippen molar-refractivity contribution in [3.63, 3.8) is 0 Å². The fourth-order valence-electron chi connectivity index (χ4n) is 1.75. The van der Waals surface area contributed by atoms with Gasteiger partial charge in [0.05, 0.1) is 17.8 Å². The van der Waals surface area contributed by atoms with E-state index in [0.717, 1.165) is 4.47 Å². The lowest BCUT2D eigenvalue weighted by atomic mass is 10.2. The summed E-state index contributed by atoms with van der Waals surface area (Å²) in [6, 6.07) is 10.7. The lowest BCUT2D eigenvalue weighted by Gasteiger charge is -2.12. The summed E-state index contributed by atoms with van der Waals surface area (Å²) >= 11 is 12.7. The number of carbonyl (C=O) groups excluding carboxylic acids is 1. The minimum absolute atomic E-state index is 0.212. The van der Waals surface area contributed by atoms with Crippen molar-refractivity contribution in [2.45, 2.75) is 0 Å². The molecule has 2 rings (SSSR count). The first kappa shape index (κ1) is 18.8. The first-order chi connectivity index (χ1) is 11.5. The SMILES string of the molecule is COc1cc(Br)cc(Br)c1OCC(=O)NN=Cc1ccccc1Cl. The van der Waals surface area contributed by atoms with Gasteiger partial charge in [-0.05, 0) is 34.1 Å². The number of methoxy groups -OCH3 is 1. The van der Waals surface area contributed by atoms with Gasteiger partial charge >= 0.3 is 0 Å². The number of hydrogen-bond donors (Lipinski definition) is 1. The molecule has 0 heterocycles. The van der Waals surface area contributed by atoms with Gasteiger partial charge in [-0.1, -0.05) is 45.7 Å². The molecule has 0 atom stereocenters. The first-order valence-electron chi connectivity index (χ1n) is 6.73. The third-order valence-corrected chi connectivity index (χ3v) is 4.23. The number of nitrogens with zero attached hydrogens (tertiary/aromatic N) is 1. The van der Waals surface area contributed by atoms with Gasteiger partial charge in [-0.2, -0.15) is 5.10 Å². The molecule has 0 saturated carbocycles. The van der Waals surface area contributed by atoms with Gasteiger partial charge < -0.3 is 9.47 Å². The highest BCUT2D eigenvalue weighted by atomic mass is 79.9. The zero-order chi connectivity index (χ0) is 17.5. The molecule has 0 unspecified atom stereocenters. The average Bonchev–Trinajstić information content (AvgIpc) is 2.55. The summed E-state index contributed by atoms with van der Waals surface area (Å²) < 4.78 is 12.2. The summed E-state index contributed by atoms with van der Waals surface area (Å²) in [4.78, 5) is 11.8. The van der Waals surface area contributed by atoms with Crippen molar-refractivity contribution in [2.75, 3.05) is 13.7 Å². The van der Waals surface area contributed by atoms with Crippen LogP contribution in [0.3, 0.4) is 0 Å². The van der Waals surface area contributed by atoms with E-state index >= 15 is 0 Å². The number of nitrogens with one attached hydrogen (secondary N) is 1. The van der Waals surface area contributed by atoms with Crippen molar-refractivity contribution in [2.24, 2.45) is 5.10 Å². The van der Waals surface area contributed by atoms with Gasteiger partial charge in [0.25, 0.3) is 5.91 Å². The summed E-state index contributed by atoms with van der Waals surface area (Å²) in [5.41, 5.74) is 3.08. The Kier molecular flexibility index (Phi) is 7.08. The lowest BCUT2D eigenvalue weighted by molar-refractivity contribution is -0.123. The highest BCUT2D eigenvalue weighted by molar-refractivity contribution is 9.11. The van der Waals surface area contributed by atoms with E-state index in [-0.39, 0.29) is 6.61 Å². The van der Waals surface area contributed by atoms with E-state index in [1.165, 1.54) is 13.3 Å². The Labute approximate surface area is 161 Å². The quantitative estimate of drug-likeness (QED) is 0.497. The van der Waals surface area contributed by atoms with E-state index in [1.54, 1.807) is 24.3 Å². The third-order valence-electron chi connectivity index (χ3n) is 2.84. The second-order valence-corrected chi connectivity index (χ2v) is 6.70. The summed E-state index contributed by atoms with van der Waals surface area (Å²) in [5, 5.41) is 4.41. The second-order valence-electron chi connectivity index (χ2n) is 4.52. The lowest BCUT2D eigenvalue weighted by Crippen LogP contribution is -2.24. The summed E-state index contributed by atoms with van der Waals surface area (Å²) in [6.07, 6.45) is 1.47. The van der Waals surface area contributed by atoms with Crippen LogP contribution in [0.5, 0.6) is 11.5 Å². The van der Waals surface area contributed by atoms with E-state index in [2.05, 4.69) is 42.4 Å². The molecule has 0 aliphatic rings. The highest BCUT2D eigenvalue weighted by Gasteiger charge is 2.12. The zero-order valence-electron chi connectivity index (χ0n) is 12.6. The van der Waals surface area contributed by atoms with Crippen LogP contribution in [-0.2, 0) is 4.79 Å². The molecule has 24 heavy (non-hydrogen) atoms. The number of carbonyl (C=O) groups is 1. The molecule has 0 bridgehead atoms. The van der Waals surface area contributed by atoms with Crippen molar-refractivity contribution in [1.82, 2.24) is 5.43 Å². The molecule has 2 aromatic carbocycles. The molecule has 2 aromatic rings. The Morgan fingerprint density at radius 1 is 1.33 bits per heavy atom. The van der Waals surface area contributed by atoms with Crippen molar-refractivity contribution in [1.29, 1.82) is 0 Å². The van der Waals surface area contributed by atoms with Crippen molar-refractivity contribution < 1.29 is 14.3 Å². The molecule has 126 valence electrons. The Morgan fingerprint density at radius 3 is 2.79 bits per heavy atom. The van der Waals surface area contributed by atoms with Crippen molar-refractivity contribution in [3.8, 4) is 11.5 Å². The minimum Gasteiger partial charge on any atom is -0.493 e. The van der Waals surface area contributed by atoms with E-state index in [4.69, 9.17) is 21.1 Å². The fourth-order valence-corrected chi connectivity index (χ4v) is 3.24. The summed E-state index contributed by atoms with van der Waals surface area (Å²) in [6.45, 7) is -0.212. The molecular formula is C16H13Br2ClN2O3. The molecule has 0 spiro atoms. The largest absolute Gasteiger partial charge is 0.493 e. The first-order valence-corrected chi connectivity index (χ1v) is 8.70. The summed E-state index contributed by atoms with van der Waals surface area (Å²) in [7, 11) is 1.52. The molecular weight excluding hydrogens is 463 g/mol. The summed E-state index contributed by atoms with van der Waals surface area (Å²) in [5.74, 6) is 0.532. The molecule has 0 radical (unpaired) electrons. The number of benzene rings is 2. The Morgan fingerprint density at radius 2 is 2.08 bits per heavy atom. The van der Waals surface area contributed by atoms with Crippen LogP contribution in [0.4, 0.5) is 0 Å². The van der Waals surface area contributed by atoms with Gasteiger partial charge in [0, 0.05) is 15.1 Å². The van der Waals surface area contributed by atoms with E-state index in [1.807, 2.05) is 12.1 Å². The smallest absolute Gasteiger partial charge is 0.277 e. The molecule has 1 amide bonds. The van der Waals surface area contributed by atoms with E-state index in [0.29, 0.717) is 26.6 Å². The standard InChI is InChI=1S/C16H13Br2ClN2O3/c1-23-14-7-11(17)6-12(18)16(14)24-9-15(22)21-20-8-10-4-2-3-5-13(10)19/h2-8H,9H2,1H3,(H,21,22). The molecule has 8 heteroatoms. The number of ether oxygens (including phenoxy) is 2. The van der Waals surface area contributed by atoms with Gasteiger partial charge in [0.1, 0.15) is 0 Å². The predicted molar refractivity (Wildman–Crippen MR) is 101 cm³/mol. The van der Waals surface area contributed by atoms with Crippen LogP contribution in [-0.4, -0.2) is 25.8 Å². The van der Waals surface area contributed by atoms with Crippen molar-refractivity contribution >= 4 is 55.6 Å². The molecule has 0 saturated heterocycles. The molecule has 0 aromatic heterocycles. The number of rotatable bonds is 6. The van der Waals surface area contributed by atoms with Crippen LogP contribution in [0, 0.1) is 0 Å². The number of hydrogen-bond acceptors (Lipinski definition) is 4. The Bertz CT molecular complexity index is 769. The van der Waals surface area contributed by atoms with E-state index in [9.17, 15) is 4.79 Å². The van der Waals surface area contributed by atoms with Gasteiger partial charge in [-0.15, -0.1) is 0 Å². The van der Waals surface area contributed by atoms with Crippen LogP contribution in [0.1, 0.15) is 5.56 Å². The maximum Gasteiger partial charge on any atom is 0.277 e. The predicted octanol–water partition coefficient (Wildman–Crippen LogP) is 4.40. The average molecular weight is 477 g/mol. The molecule has 0 aliphatic heterocycles. The Balaban J connectivity index is 1.93. The van der Waals surface area contributed by atoms with Gasteiger partial charge in [-0.3, -0.25) is 4.79 Å². The molecule has 5 nitrogen and oxygen atoms in total. The van der Waals surface area contributed by atoms with Crippen molar-refractivity contribution in [3.05, 3.63) is 55.9 Å². The zero-order valence-corrected chi connectivity index (χ0v) is 16.5. The number of hydrazone groups is 1. The van der Waals surface area contributed by atoms with Gasteiger partial charge in [0.2, 0.25) is 0 Å². The van der Waals surface area contributed by atoms with Crippen LogP contribution in [0.2, 0.25) is 5.02 Å². The fraction of sp³-hybridized carbons (Fsp3) is 0.125. The third kappa shape index (κ3) is 5.22. The normalized spacial score (nSPS) is 10.7. The maximum atomic E-state index is 11.8. The molecule has 1 N–H and O–H groups in total. The maximum absolute atomic E-state index is 11.8. The Hall–Kier alpha value is -1.57. The van der Waals surface area contributed by atoms with E-state index < -0.39 is 5.91 Å². The van der Waals surface area contributed by atoms with Crippen LogP contribution < -0.4 is 14.9 Å². The number of halogens is 3. The number of amides is 1. The van der Waals surface area contributed by atoms with Crippen LogP contribution in [0.25, 0.3) is 0 Å². The molecule has 0 fully saturated rings. The highest BCUT2D eigenvalue weighted by Crippen LogP contribution is 2.38. The van der Waals surface area contributed by atoms with Crippen LogP contribution >= 0.6 is 43.5 Å². The molecule has 0 aliphatic carbocycles. The van der Waals surface area contributed by atoms with Gasteiger partial charge in [0.15, 0.2) is 18.1 Å².